The van der Waals surface area contributed by atoms with Crippen molar-refractivity contribution >= 4 is 22.8 Å². The van der Waals surface area contributed by atoms with E-state index in [0.29, 0.717) is 17.2 Å². The van der Waals surface area contributed by atoms with Crippen molar-refractivity contribution in [3.05, 3.63) is 47.3 Å². The predicted octanol–water partition coefficient (Wildman–Crippen LogP) is 3.91. The fourth-order valence-electron chi connectivity index (χ4n) is 2.33. The second kappa shape index (κ2) is 5.55. The van der Waals surface area contributed by atoms with Crippen LogP contribution >= 0.6 is 0 Å². The first-order valence-corrected chi connectivity index (χ1v) is 7.21. The molecule has 0 aliphatic heterocycles. The zero-order valence-corrected chi connectivity index (χ0v) is 12.9. The van der Waals surface area contributed by atoms with Crippen LogP contribution in [0.4, 0.5) is 17.2 Å². The van der Waals surface area contributed by atoms with Crippen molar-refractivity contribution < 1.29 is 0 Å². The van der Waals surface area contributed by atoms with Crippen LogP contribution in [0.3, 0.4) is 0 Å². The van der Waals surface area contributed by atoms with Gasteiger partial charge in [-0.25, -0.2) is 9.50 Å². The summed E-state index contributed by atoms with van der Waals surface area (Å²) in [6.45, 7) is 6.01. The lowest BCUT2D eigenvalue weighted by molar-refractivity contribution is 0.890. The van der Waals surface area contributed by atoms with E-state index in [0.717, 1.165) is 23.5 Å². The highest BCUT2D eigenvalue weighted by molar-refractivity contribution is 5.75. The van der Waals surface area contributed by atoms with E-state index < -0.39 is 0 Å². The van der Waals surface area contributed by atoms with Crippen LogP contribution in [0, 0.1) is 13.8 Å². The Bertz CT molecular complexity index is 845. The molecule has 0 unspecified atom stereocenters. The maximum Gasteiger partial charge on any atom is 0.185 e. The molecule has 112 valence electrons. The highest BCUT2D eigenvalue weighted by atomic mass is 15.3. The van der Waals surface area contributed by atoms with Crippen LogP contribution in [-0.2, 0) is 6.42 Å². The number of hydrogen-bond donors (Lipinski definition) is 1. The summed E-state index contributed by atoms with van der Waals surface area (Å²) in [5.41, 5.74) is 11.0. The molecule has 22 heavy (non-hydrogen) atoms. The van der Waals surface area contributed by atoms with Crippen LogP contribution in [0.2, 0.25) is 0 Å². The number of azo groups is 1. The number of hydrogen-bond acceptors (Lipinski definition) is 5. The Morgan fingerprint density at radius 1 is 1.14 bits per heavy atom. The number of nitrogens with two attached hydrogens (primary N) is 1. The first-order chi connectivity index (χ1) is 10.6. The Labute approximate surface area is 128 Å². The monoisotopic (exact) mass is 294 g/mol. The minimum atomic E-state index is 0.329. The van der Waals surface area contributed by atoms with Gasteiger partial charge in [-0.15, -0.1) is 10.2 Å². The summed E-state index contributed by atoms with van der Waals surface area (Å²) < 4.78 is 1.69. The largest absolute Gasteiger partial charge is 0.380 e. The van der Waals surface area contributed by atoms with E-state index in [9.17, 15) is 0 Å². The van der Waals surface area contributed by atoms with Crippen molar-refractivity contribution in [1.29, 1.82) is 0 Å². The average molecular weight is 294 g/mol. The van der Waals surface area contributed by atoms with E-state index in [1.54, 1.807) is 4.52 Å². The Balaban J connectivity index is 2.02. The number of aromatic nitrogens is 3. The molecule has 2 heterocycles. The maximum absolute atomic E-state index is 5.96. The summed E-state index contributed by atoms with van der Waals surface area (Å²) in [4.78, 5) is 4.46. The molecule has 2 aromatic heterocycles. The molecule has 0 saturated heterocycles. The molecule has 3 rings (SSSR count). The summed E-state index contributed by atoms with van der Waals surface area (Å²) in [5.74, 6) is 0.329. The van der Waals surface area contributed by atoms with Crippen LogP contribution in [0.15, 0.2) is 40.6 Å². The second-order valence-corrected chi connectivity index (χ2v) is 5.23. The second-order valence-electron chi connectivity index (χ2n) is 5.23. The van der Waals surface area contributed by atoms with Crippen molar-refractivity contribution in [2.24, 2.45) is 10.2 Å². The third kappa shape index (κ3) is 2.55. The summed E-state index contributed by atoms with van der Waals surface area (Å²) >= 11 is 0. The van der Waals surface area contributed by atoms with Crippen LogP contribution < -0.4 is 5.73 Å². The SMILES string of the molecule is CCc1ccc(N=Nc2c(N)nn3c(C)cc(C)nc23)cc1. The number of nitrogens with zero attached hydrogens (tertiary/aromatic N) is 5. The normalized spacial score (nSPS) is 11.6. The third-order valence-corrected chi connectivity index (χ3v) is 3.51. The molecule has 2 N–H and O–H groups in total. The molecule has 0 fully saturated rings. The van der Waals surface area contributed by atoms with Gasteiger partial charge in [0.15, 0.2) is 17.2 Å². The van der Waals surface area contributed by atoms with Crippen molar-refractivity contribution in [1.82, 2.24) is 14.6 Å². The molecule has 0 aliphatic carbocycles. The highest BCUT2D eigenvalue weighted by Gasteiger charge is 2.13. The van der Waals surface area contributed by atoms with Gasteiger partial charge in [0, 0.05) is 11.4 Å². The van der Waals surface area contributed by atoms with Gasteiger partial charge in [-0.1, -0.05) is 19.1 Å². The lowest BCUT2D eigenvalue weighted by Gasteiger charge is -1.99. The van der Waals surface area contributed by atoms with Crippen LogP contribution in [0.5, 0.6) is 0 Å². The first-order valence-electron chi connectivity index (χ1n) is 7.21. The number of anilines is 1. The van der Waals surface area contributed by atoms with Gasteiger partial charge < -0.3 is 5.73 Å². The van der Waals surface area contributed by atoms with Crippen molar-refractivity contribution in [3.63, 3.8) is 0 Å². The van der Waals surface area contributed by atoms with E-state index in [2.05, 4.69) is 27.2 Å². The fourth-order valence-corrected chi connectivity index (χ4v) is 2.33. The van der Waals surface area contributed by atoms with Crippen molar-refractivity contribution in [2.45, 2.75) is 27.2 Å². The van der Waals surface area contributed by atoms with Crippen LogP contribution in [0.1, 0.15) is 23.9 Å². The third-order valence-electron chi connectivity index (χ3n) is 3.51. The maximum atomic E-state index is 5.96. The molecule has 0 radical (unpaired) electrons. The van der Waals surface area contributed by atoms with E-state index in [-0.39, 0.29) is 0 Å². The topological polar surface area (TPSA) is 80.9 Å². The summed E-state index contributed by atoms with van der Waals surface area (Å²) in [6.07, 6.45) is 1.00. The summed E-state index contributed by atoms with van der Waals surface area (Å²) in [5, 5.41) is 12.8. The van der Waals surface area contributed by atoms with Gasteiger partial charge in [0.05, 0.1) is 5.69 Å². The lowest BCUT2D eigenvalue weighted by atomic mass is 10.2. The molecule has 1 aromatic carbocycles. The number of aryl methyl sites for hydroxylation is 3. The molecule has 0 aliphatic rings. The Morgan fingerprint density at radius 2 is 1.86 bits per heavy atom. The van der Waals surface area contributed by atoms with Gasteiger partial charge in [-0.3, -0.25) is 0 Å². The Morgan fingerprint density at radius 3 is 2.55 bits per heavy atom. The van der Waals surface area contributed by atoms with E-state index in [1.807, 2.05) is 44.2 Å². The molecule has 0 amide bonds. The summed E-state index contributed by atoms with van der Waals surface area (Å²) in [7, 11) is 0. The Kier molecular flexibility index (Phi) is 3.58. The number of rotatable bonds is 3. The molecule has 0 bridgehead atoms. The van der Waals surface area contributed by atoms with Gasteiger partial charge >= 0.3 is 0 Å². The zero-order valence-electron chi connectivity index (χ0n) is 12.9. The Hall–Kier alpha value is -2.76. The first kappa shape index (κ1) is 14.2. The molecule has 0 saturated carbocycles. The molecule has 6 nitrogen and oxygen atoms in total. The minimum absolute atomic E-state index is 0.329. The van der Waals surface area contributed by atoms with E-state index >= 15 is 0 Å². The number of benzene rings is 1. The molecule has 0 spiro atoms. The van der Waals surface area contributed by atoms with Gasteiger partial charge in [0.2, 0.25) is 0 Å². The van der Waals surface area contributed by atoms with Gasteiger partial charge in [0.25, 0.3) is 0 Å². The average Bonchev–Trinajstić information content (AvgIpc) is 2.82. The van der Waals surface area contributed by atoms with Gasteiger partial charge in [-0.2, -0.15) is 5.11 Å². The minimum Gasteiger partial charge on any atom is -0.380 e. The van der Waals surface area contributed by atoms with Crippen LogP contribution in [0.25, 0.3) is 5.65 Å². The molecule has 0 atom stereocenters. The van der Waals surface area contributed by atoms with Crippen LogP contribution in [-0.4, -0.2) is 14.6 Å². The van der Waals surface area contributed by atoms with E-state index in [1.165, 1.54) is 5.56 Å². The summed E-state index contributed by atoms with van der Waals surface area (Å²) in [6, 6.07) is 9.91. The van der Waals surface area contributed by atoms with Crippen molar-refractivity contribution in [2.75, 3.05) is 5.73 Å². The molecular formula is C16H18N6. The zero-order chi connectivity index (χ0) is 15.7. The van der Waals surface area contributed by atoms with E-state index in [4.69, 9.17) is 5.73 Å². The van der Waals surface area contributed by atoms with Gasteiger partial charge in [-0.05, 0) is 44.0 Å². The van der Waals surface area contributed by atoms with Crippen molar-refractivity contribution in [3.8, 4) is 0 Å². The quantitative estimate of drug-likeness (QED) is 0.744. The number of nitrogen functional groups attached to an aromatic ring is 1. The molecular weight excluding hydrogens is 276 g/mol. The smallest absolute Gasteiger partial charge is 0.185 e. The molecule has 3 aromatic rings. The lowest BCUT2D eigenvalue weighted by Crippen LogP contribution is -1.97. The highest BCUT2D eigenvalue weighted by Crippen LogP contribution is 2.29. The fraction of sp³-hybridized carbons (Fsp3) is 0.250. The standard InChI is InChI=1S/C16H18N6/c1-4-12-5-7-13(8-6-12)19-20-14-15(17)21-22-11(3)9-10(2)18-16(14)22/h5-9H,4H2,1-3H3,(H2,17,21). The number of fused-ring (bicyclic) bond motifs is 1. The molecule has 6 heteroatoms. The van der Waals surface area contributed by atoms with Gasteiger partial charge in [0.1, 0.15) is 0 Å². The predicted molar refractivity (Wildman–Crippen MR) is 86.9 cm³/mol.